The molecule has 136 valence electrons. The van der Waals surface area contributed by atoms with Gasteiger partial charge in [0.25, 0.3) is 5.69 Å². The van der Waals surface area contributed by atoms with Crippen molar-refractivity contribution in [3.63, 3.8) is 0 Å². The van der Waals surface area contributed by atoms with Crippen molar-refractivity contribution in [3.05, 3.63) is 70.3 Å². The summed E-state index contributed by atoms with van der Waals surface area (Å²) in [5, 5.41) is 10.7. The molecular formula is C19H22N4O3. The number of rotatable bonds is 5. The van der Waals surface area contributed by atoms with Crippen molar-refractivity contribution in [3.8, 4) is 0 Å². The van der Waals surface area contributed by atoms with Crippen LogP contribution in [0.15, 0.2) is 54.6 Å². The van der Waals surface area contributed by atoms with E-state index in [1.54, 1.807) is 17.0 Å². The van der Waals surface area contributed by atoms with Gasteiger partial charge in [-0.1, -0.05) is 30.3 Å². The lowest BCUT2D eigenvalue weighted by atomic mass is 10.1. The zero-order valence-corrected chi connectivity index (χ0v) is 14.5. The minimum Gasteiger partial charge on any atom is -0.368 e. The number of nitrogens with zero attached hydrogens (tertiary/aromatic N) is 3. The van der Waals surface area contributed by atoms with Gasteiger partial charge in [-0.25, -0.2) is 0 Å². The van der Waals surface area contributed by atoms with E-state index < -0.39 is 11.0 Å². The number of piperazine rings is 1. The fourth-order valence-electron chi connectivity index (χ4n) is 3.16. The van der Waals surface area contributed by atoms with Crippen LogP contribution in [0.5, 0.6) is 0 Å². The van der Waals surface area contributed by atoms with E-state index in [1.807, 2.05) is 30.3 Å². The van der Waals surface area contributed by atoms with Crippen molar-refractivity contribution in [1.82, 2.24) is 4.90 Å². The summed E-state index contributed by atoms with van der Waals surface area (Å²) in [7, 11) is 0. The van der Waals surface area contributed by atoms with Gasteiger partial charge in [0, 0.05) is 44.0 Å². The molecule has 1 saturated heterocycles. The first-order chi connectivity index (χ1) is 12.5. The third-order valence-electron chi connectivity index (χ3n) is 4.63. The van der Waals surface area contributed by atoms with E-state index in [-0.39, 0.29) is 11.6 Å². The van der Waals surface area contributed by atoms with Crippen molar-refractivity contribution < 1.29 is 9.72 Å². The Balaban J connectivity index is 1.54. The molecule has 0 unspecified atom stereocenters. The first-order valence-electron chi connectivity index (χ1n) is 8.62. The number of benzene rings is 2. The summed E-state index contributed by atoms with van der Waals surface area (Å²) in [5.74, 6) is -0.0304. The number of anilines is 1. The van der Waals surface area contributed by atoms with Gasteiger partial charge in [-0.2, -0.15) is 0 Å². The Hall–Kier alpha value is -2.93. The van der Waals surface area contributed by atoms with Gasteiger partial charge in [-0.3, -0.25) is 14.9 Å². The highest BCUT2D eigenvalue weighted by Crippen LogP contribution is 2.21. The van der Waals surface area contributed by atoms with Crippen molar-refractivity contribution in [2.75, 3.05) is 31.1 Å². The van der Waals surface area contributed by atoms with Gasteiger partial charge in [0.15, 0.2) is 0 Å². The smallest absolute Gasteiger partial charge is 0.269 e. The summed E-state index contributed by atoms with van der Waals surface area (Å²) in [6.45, 7) is 2.56. The van der Waals surface area contributed by atoms with Crippen LogP contribution in [0, 0.1) is 10.1 Å². The third kappa shape index (κ3) is 4.18. The molecule has 2 aromatic rings. The van der Waals surface area contributed by atoms with Crippen LogP contribution < -0.4 is 10.6 Å². The first-order valence-corrected chi connectivity index (χ1v) is 8.62. The van der Waals surface area contributed by atoms with Gasteiger partial charge in [-0.15, -0.1) is 0 Å². The average molecular weight is 354 g/mol. The van der Waals surface area contributed by atoms with Crippen LogP contribution in [0.25, 0.3) is 0 Å². The highest BCUT2D eigenvalue weighted by molar-refractivity contribution is 5.82. The van der Waals surface area contributed by atoms with Gasteiger partial charge in [-0.05, 0) is 24.1 Å². The van der Waals surface area contributed by atoms with E-state index in [1.165, 1.54) is 12.1 Å². The SMILES string of the molecule is N[C@H](Cc1ccccc1)C(=O)N1CCN(c2ccc([N+](=O)[O-])cc2)CC1. The van der Waals surface area contributed by atoms with Gasteiger partial charge in [0.05, 0.1) is 11.0 Å². The summed E-state index contributed by atoms with van der Waals surface area (Å²) >= 11 is 0. The second kappa shape index (κ2) is 7.97. The Morgan fingerprint density at radius 1 is 1.04 bits per heavy atom. The maximum absolute atomic E-state index is 12.6. The predicted molar refractivity (Wildman–Crippen MR) is 100 cm³/mol. The standard InChI is InChI=1S/C19H22N4O3/c20-18(14-15-4-2-1-3-5-15)19(24)22-12-10-21(11-13-22)16-6-8-17(9-7-16)23(25)26/h1-9,18H,10-14,20H2/t18-/m1/s1. The molecule has 26 heavy (non-hydrogen) atoms. The molecule has 0 aliphatic carbocycles. The van der Waals surface area contributed by atoms with Gasteiger partial charge < -0.3 is 15.5 Å². The number of carbonyl (C=O) groups is 1. The number of non-ortho nitro benzene ring substituents is 1. The Morgan fingerprint density at radius 2 is 1.65 bits per heavy atom. The monoisotopic (exact) mass is 354 g/mol. The van der Waals surface area contributed by atoms with Gasteiger partial charge in [0.2, 0.25) is 5.91 Å². The van der Waals surface area contributed by atoms with Crippen molar-refractivity contribution >= 4 is 17.3 Å². The van der Waals surface area contributed by atoms with Gasteiger partial charge >= 0.3 is 0 Å². The predicted octanol–water partition coefficient (Wildman–Crippen LogP) is 1.81. The molecule has 1 atom stereocenters. The molecule has 7 nitrogen and oxygen atoms in total. The number of nitrogens with two attached hydrogens (primary N) is 1. The van der Waals surface area contributed by atoms with Crippen molar-refractivity contribution in [2.24, 2.45) is 5.73 Å². The average Bonchev–Trinajstić information content (AvgIpc) is 2.68. The second-order valence-electron chi connectivity index (χ2n) is 6.38. The summed E-state index contributed by atoms with van der Waals surface area (Å²) in [4.78, 5) is 26.8. The first kappa shape index (κ1) is 17.9. The molecule has 1 fully saturated rings. The molecule has 0 saturated carbocycles. The molecule has 0 spiro atoms. The molecule has 1 aliphatic rings. The normalized spacial score (nSPS) is 15.6. The Kier molecular flexibility index (Phi) is 5.48. The van der Waals surface area contributed by atoms with E-state index in [4.69, 9.17) is 5.73 Å². The molecule has 3 rings (SSSR count). The quantitative estimate of drug-likeness (QED) is 0.653. The fraction of sp³-hybridized carbons (Fsp3) is 0.316. The van der Waals surface area contributed by atoms with Crippen LogP contribution in [-0.2, 0) is 11.2 Å². The molecule has 1 amide bonds. The lowest BCUT2D eigenvalue weighted by Crippen LogP contribution is -2.53. The zero-order chi connectivity index (χ0) is 18.5. The minimum atomic E-state index is -0.539. The van der Waals surface area contributed by atoms with E-state index in [2.05, 4.69) is 4.90 Å². The van der Waals surface area contributed by atoms with Crippen LogP contribution in [0.1, 0.15) is 5.56 Å². The number of hydrogen-bond donors (Lipinski definition) is 1. The van der Waals surface area contributed by atoms with Crippen LogP contribution in [0.4, 0.5) is 11.4 Å². The number of nitro benzene ring substituents is 1. The summed E-state index contributed by atoms with van der Waals surface area (Å²) < 4.78 is 0. The van der Waals surface area contributed by atoms with Crippen molar-refractivity contribution in [2.45, 2.75) is 12.5 Å². The summed E-state index contributed by atoms with van der Waals surface area (Å²) in [5.41, 5.74) is 8.16. The number of carbonyl (C=O) groups excluding carboxylic acids is 1. The number of hydrogen-bond acceptors (Lipinski definition) is 5. The minimum absolute atomic E-state index is 0.0304. The van der Waals surface area contributed by atoms with Crippen LogP contribution in [0.2, 0.25) is 0 Å². The van der Waals surface area contributed by atoms with Crippen LogP contribution in [0.3, 0.4) is 0 Å². The maximum Gasteiger partial charge on any atom is 0.269 e. The molecule has 1 aliphatic heterocycles. The molecular weight excluding hydrogens is 332 g/mol. The lowest BCUT2D eigenvalue weighted by molar-refractivity contribution is -0.384. The Labute approximate surface area is 152 Å². The topological polar surface area (TPSA) is 92.7 Å². The van der Waals surface area contributed by atoms with E-state index in [0.717, 1.165) is 11.3 Å². The Morgan fingerprint density at radius 3 is 2.23 bits per heavy atom. The molecule has 0 radical (unpaired) electrons. The van der Waals surface area contributed by atoms with Crippen LogP contribution in [-0.4, -0.2) is 48.0 Å². The van der Waals surface area contributed by atoms with E-state index in [9.17, 15) is 14.9 Å². The summed E-state index contributed by atoms with van der Waals surface area (Å²) in [6, 6.07) is 15.7. The third-order valence-corrected chi connectivity index (χ3v) is 4.63. The maximum atomic E-state index is 12.6. The highest BCUT2D eigenvalue weighted by atomic mass is 16.6. The molecule has 2 N–H and O–H groups in total. The van der Waals surface area contributed by atoms with Gasteiger partial charge in [0.1, 0.15) is 0 Å². The highest BCUT2D eigenvalue weighted by Gasteiger charge is 2.25. The molecule has 0 aromatic heterocycles. The second-order valence-corrected chi connectivity index (χ2v) is 6.38. The molecule has 2 aromatic carbocycles. The lowest BCUT2D eigenvalue weighted by Gasteiger charge is -2.37. The number of nitro groups is 1. The van der Waals surface area contributed by atoms with Crippen LogP contribution >= 0.6 is 0 Å². The summed E-state index contributed by atoms with van der Waals surface area (Å²) in [6.07, 6.45) is 0.530. The molecule has 0 bridgehead atoms. The Bertz CT molecular complexity index is 756. The fourth-order valence-corrected chi connectivity index (χ4v) is 3.16. The molecule has 7 heteroatoms. The number of amides is 1. The largest absolute Gasteiger partial charge is 0.368 e. The van der Waals surface area contributed by atoms with Crippen molar-refractivity contribution in [1.29, 1.82) is 0 Å². The molecule has 1 heterocycles. The van der Waals surface area contributed by atoms with E-state index >= 15 is 0 Å². The van der Waals surface area contributed by atoms with E-state index in [0.29, 0.717) is 32.6 Å². The zero-order valence-electron chi connectivity index (χ0n) is 14.5.